The highest BCUT2D eigenvalue weighted by atomic mass is 19.1. The number of pyridine rings is 1. The van der Waals surface area contributed by atoms with Gasteiger partial charge in [0.1, 0.15) is 11.4 Å². The molecule has 0 radical (unpaired) electrons. The number of anilines is 1. The molecule has 1 unspecified atom stereocenters. The Labute approximate surface area is 114 Å². The standard InChI is InChI=1S/C14H12F2N2O2/c1-8(9-3-2-4-10(15)7-9)18-13-12(16)11(14(19)20)5-6-17-13/h2-8H,1H3,(H,17,18)(H,19,20). The molecule has 0 saturated carbocycles. The second kappa shape index (κ2) is 5.64. The van der Waals surface area contributed by atoms with Crippen LogP contribution in [0.15, 0.2) is 36.5 Å². The molecule has 0 fully saturated rings. The van der Waals surface area contributed by atoms with E-state index in [1.165, 1.54) is 18.3 Å². The molecular formula is C14H12F2N2O2. The summed E-state index contributed by atoms with van der Waals surface area (Å²) in [6.45, 7) is 1.70. The summed E-state index contributed by atoms with van der Waals surface area (Å²) < 4.78 is 27.0. The van der Waals surface area contributed by atoms with E-state index in [0.717, 1.165) is 6.07 Å². The van der Waals surface area contributed by atoms with E-state index in [4.69, 9.17) is 5.11 Å². The normalized spacial score (nSPS) is 11.9. The summed E-state index contributed by atoms with van der Waals surface area (Å²) in [7, 11) is 0. The maximum absolute atomic E-state index is 13.9. The average molecular weight is 278 g/mol. The first-order chi connectivity index (χ1) is 9.49. The molecule has 0 amide bonds. The third kappa shape index (κ3) is 2.90. The van der Waals surface area contributed by atoms with Crippen LogP contribution in [0, 0.1) is 11.6 Å². The third-order valence-corrected chi connectivity index (χ3v) is 2.82. The molecule has 2 rings (SSSR count). The fourth-order valence-corrected chi connectivity index (χ4v) is 1.77. The summed E-state index contributed by atoms with van der Waals surface area (Å²) in [5.74, 6) is -2.89. The van der Waals surface area contributed by atoms with Crippen LogP contribution in [-0.4, -0.2) is 16.1 Å². The third-order valence-electron chi connectivity index (χ3n) is 2.82. The lowest BCUT2D eigenvalue weighted by Gasteiger charge is -2.16. The lowest BCUT2D eigenvalue weighted by molar-refractivity contribution is 0.0692. The molecule has 1 aromatic carbocycles. The van der Waals surface area contributed by atoms with Crippen LogP contribution < -0.4 is 5.32 Å². The van der Waals surface area contributed by atoms with E-state index >= 15 is 0 Å². The van der Waals surface area contributed by atoms with Gasteiger partial charge in [-0.25, -0.2) is 18.6 Å². The zero-order valence-corrected chi connectivity index (χ0v) is 10.6. The first-order valence-electron chi connectivity index (χ1n) is 5.89. The molecular weight excluding hydrogens is 266 g/mol. The number of aromatic carboxylic acids is 1. The van der Waals surface area contributed by atoms with Crippen LogP contribution in [0.25, 0.3) is 0 Å². The molecule has 6 heteroatoms. The van der Waals surface area contributed by atoms with E-state index in [2.05, 4.69) is 10.3 Å². The second-order valence-corrected chi connectivity index (χ2v) is 4.25. The van der Waals surface area contributed by atoms with Gasteiger partial charge in [0, 0.05) is 6.20 Å². The first kappa shape index (κ1) is 13.9. The van der Waals surface area contributed by atoms with Crippen LogP contribution in [0.3, 0.4) is 0 Å². The summed E-state index contributed by atoms with van der Waals surface area (Å²) in [5.41, 5.74) is 0.140. The lowest BCUT2D eigenvalue weighted by Crippen LogP contribution is -2.12. The van der Waals surface area contributed by atoms with Crippen LogP contribution in [0.1, 0.15) is 28.9 Å². The molecule has 0 bridgehead atoms. The van der Waals surface area contributed by atoms with E-state index in [9.17, 15) is 13.6 Å². The van der Waals surface area contributed by atoms with Gasteiger partial charge in [0.15, 0.2) is 11.6 Å². The zero-order chi connectivity index (χ0) is 14.7. The van der Waals surface area contributed by atoms with Crippen LogP contribution in [0.2, 0.25) is 0 Å². The molecule has 2 N–H and O–H groups in total. The van der Waals surface area contributed by atoms with Crippen molar-refractivity contribution >= 4 is 11.8 Å². The predicted molar refractivity (Wildman–Crippen MR) is 69.6 cm³/mol. The second-order valence-electron chi connectivity index (χ2n) is 4.25. The van der Waals surface area contributed by atoms with Crippen molar-refractivity contribution in [3.63, 3.8) is 0 Å². The highest BCUT2D eigenvalue weighted by Crippen LogP contribution is 2.22. The number of benzene rings is 1. The van der Waals surface area contributed by atoms with Gasteiger partial charge in [-0.05, 0) is 30.7 Å². The van der Waals surface area contributed by atoms with E-state index in [-0.39, 0.29) is 5.82 Å². The van der Waals surface area contributed by atoms with Gasteiger partial charge in [-0.1, -0.05) is 12.1 Å². The summed E-state index contributed by atoms with van der Waals surface area (Å²) in [4.78, 5) is 14.6. The fraction of sp³-hybridized carbons (Fsp3) is 0.143. The Bertz CT molecular complexity index is 647. The number of hydrogen-bond acceptors (Lipinski definition) is 3. The van der Waals surface area contributed by atoms with Crippen molar-refractivity contribution in [3.8, 4) is 0 Å². The Hall–Kier alpha value is -2.50. The van der Waals surface area contributed by atoms with Crippen molar-refractivity contribution in [3.05, 3.63) is 59.3 Å². The van der Waals surface area contributed by atoms with E-state index < -0.39 is 29.2 Å². The first-order valence-corrected chi connectivity index (χ1v) is 5.89. The summed E-state index contributed by atoms with van der Waals surface area (Å²) in [6, 6.07) is 6.50. The number of nitrogens with zero attached hydrogens (tertiary/aromatic N) is 1. The minimum absolute atomic E-state index is 0.179. The van der Waals surface area contributed by atoms with E-state index in [1.807, 2.05) is 0 Å². The van der Waals surface area contributed by atoms with Crippen molar-refractivity contribution in [2.75, 3.05) is 5.32 Å². The minimum Gasteiger partial charge on any atom is -0.478 e. The fourth-order valence-electron chi connectivity index (χ4n) is 1.77. The number of hydrogen-bond donors (Lipinski definition) is 2. The van der Waals surface area contributed by atoms with Crippen LogP contribution in [0.4, 0.5) is 14.6 Å². The molecule has 1 atom stereocenters. The van der Waals surface area contributed by atoms with Gasteiger partial charge in [-0.15, -0.1) is 0 Å². The predicted octanol–water partition coefficient (Wildman–Crippen LogP) is 3.23. The SMILES string of the molecule is CC(Nc1nccc(C(=O)O)c1F)c1cccc(F)c1. The van der Waals surface area contributed by atoms with Gasteiger partial charge in [-0.2, -0.15) is 0 Å². The average Bonchev–Trinajstić information content (AvgIpc) is 2.40. The number of halogens is 2. The largest absolute Gasteiger partial charge is 0.478 e. The Morgan fingerprint density at radius 3 is 2.75 bits per heavy atom. The monoisotopic (exact) mass is 278 g/mol. The highest BCUT2D eigenvalue weighted by Gasteiger charge is 2.17. The summed E-state index contributed by atoms with van der Waals surface area (Å²) in [5, 5.41) is 11.6. The molecule has 4 nitrogen and oxygen atoms in total. The minimum atomic E-state index is -1.37. The van der Waals surface area contributed by atoms with Gasteiger partial charge < -0.3 is 10.4 Å². The van der Waals surface area contributed by atoms with Gasteiger partial charge >= 0.3 is 5.97 Å². The number of aromatic nitrogens is 1. The van der Waals surface area contributed by atoms with E-state index in [0.29, 0.717) is 5.56 Å². The van der Waals surface area contributed by atoms with Gasteiger partial charge in [-0.3, -0.25) is 0 Å². The number of carboxylic acids is 1. The molecule has 0 saturated heterocycles. The molecule has 0 aliphatic carbocycles. The number of rotatable bonds is 4. The van der Waals surface area contributed by atoms with Crippen molar-refractivity contribution in [2.45, 2.75) is 13.0 Å². The molecule has 104 valence electrons. The summed E-state index contributed by atoms with van der Waals surface area (Å²) in [6.07, 6.45) is 1.20. The topological polar surface area (TPSA) is 62.2 Å². The van der Waals surface area contributed by atoms with Gasteiger partial charge in [0.25, 0.3) is 0 Å². The van der Waals surface area contributed by atoms with Crippen LogP contribution in [-0.2, 0) is 0 Å². The van der Waals surface area contributed by atoms with Crippen molar-refractivity contribution < 1.29 is 18.7 Å². The van der Waals surface area contributed by atoms with Crippen LogP contribution >= 0.6 is 0 Å². The molecule has 0 aliphatic rings. The quantitative estimate of drug-likeness (QED) is 0.901. The molecule has 0 spiro atoms. The maximum atomic E-state index is 13.9. The van der Waals surface area contributed by atoms with E-state index in [1.54, 1.807) is 19.1 Å². The Morgan fingerprint density at radius 1 is 1.35 bits per heavy atom. The van der Waals surface area contributed by atoms with Crippen molar-refractivity contribution in [1.82, 2.24) is 4.98 Å². The number of carbonyl (C=O) groups is 1. The summed E-state index contributed by atoms with van der Waals surface area (Å²) >= 11 is 0. The number of carboxylic acid groups (broad SMARTS) is 1. The van der Waals surface area contributed by atoms with Crippen molar-refractivity contribution in [1.29, 1.82) is 0 Å². The molecule has 20 heavy (non-hydrogen) atoms. The maximum Gasteiger partial charge on any atom is 0.338 e. The Kier molecular flexibility index (Phi) is 3.93. The lowest BCUT2D eigenvalue weighted by atomic mass is 10.1. The van der Waals surface area contributed by atoms with Gasteiger partial charge in [0.05, 0.1) is 6.04 Å². The molecule has 1 aromatic heterocycles. The Balaban J connectivity index is 2.26. The number of nitrogens with one attached hydrogen (secondary N) is 1. The van der Waals surface area contributed by atoms with Crippen LogP contribution in [0.5, 0.6) is 0 Å². The molecule has 0 aliphatic heterocycles. The highest BCUT2D eigenvalue weighted by molar-refractivity contribution is 5.88. The van der Waals surface area contributed by atoms with Crippen molar-refractivity contribution in [2.24, 2.45) is 0 Å². The molecule has 1 heterocycles. The smallest absolute Gasteiger partial charge is 0.338 e. The Morgan fingerprint density at radius 2 is 2.10 bits per heavy atom. The molecule has 2 aromatic rings. The van der Waals surface area contributed by atoms with Gasteiger partial charge in [0.2, 0.25) is 0 Å². The zero-order valence-electron chi connectivity index (χ0n) is 10.6.